The van der Waals surface area contributed by atoms with E-state index in [0.29, 0.717) is 45.7 Å². The molecule has 1 N–H and O–H groups in total. The Bertz CT molecular complexity index is 880. The number of nitrogens with zero attached hydrogens (tertiary/aromatic N) is 3. The number of fused-ring (bicyclic) bond motifs is 2. The van der Waals surface area contributed by atoms with Crippen molar-refractivity contribution >= 4 is 28.8 Å². The fourth-order valence-electron chi connectivity index (χ4n) is 3.92. The maximum Gasteiger partial charge on any atom is 0.262 e. The predicted molar refractivity (Wildman–Crippen MR) is 106 cm³/mol. The molecule has 2 unspecified atom stereocenters. The summed E-state index contributed by atoms with van der Waals surface area (Å²) in [5.74, 6) is 2.05. The van der Waals surface area contributed by atoms with E-state index in [2.05, 4.69) is 20.1 Å². The third-order valence-corrected chi connectivity index (χ3v) is 5.61. The Morgan fingerprint density at radius 1 is 1.25 bits per heavy atom. The minimum absolute atomic E-state index is 0.0701. The third kappa shape index (κ3) is 3.71. The second kappa shape index (κ2) is 8.21. The number of ether oxygens (including phenoxy) is 3. The van der Waals surface area contributed by atoms with Gasteiger partial charge in [0.25, 0.3) is 5.88 Å². The lowest BCUT2D eigenvalue weighted by Crippen LogP contribution is -2.46. The van der Waals surface area contributed by atoms with Crippen LogP contribution in [-0.2, 0) is 4.74 Å². The van der Waals surface area contributed by atoms with Crippen LogP contribution in [0.3, 0.4) is 0 Å². The number of methoxy groups -OCH3 is 1. The van der Waals surface area contributed by atoms with Gasteiger partial charge >= 0.3 is 0 Å². The first-order valence-electron chi connectivity index (χ1n) is 9.27. The maximum atomic E-state index is 7.08. The molecule has 4 rings (SSSR count). The van der Waals surface area contributed by atoms with Crippen LogP contribution in [0.2, 0.25) is 5.02 Å². The summed E-state index contributed by atoms with van der Waals surface area (Å²) in [5.41, 5.74) is 1.10. The number of halogens is 1. The molecule has 0 radical (unpaired) electrons. The molecule has 2 aliphatic rings. The highest BCUT2D eigenvalue weighted by Gasteiger charge is 2.39. The normalized spacial score (nSPS) is 23.5. The molecular weight excluding hydrogens is 380 g/mol. The molecule has 1 aromatic carbocycles. The van der Waals surface area contributed by atoms with E-state index in [1.165, 1.54) is 12.7 Å². The van der Waals surface area contributed by atoms with Gasteiger partial charge in [0.15, 0.2) is 11.5 Å². The summed E-state index contributed by atoms with van der Waals surface area (Å²) in [4.78, 5) is 12.0. The first-order chi connectivity index (χ1) is 13.7. The summed E-state index contributed by atoms with van der Waals surface area (Å²) in [6.45, 7) is 8.53. The molecule has 2 aromatic rings. The number of anilines is 2. The zero-order valence-electron chi connectivity index (χ0n) is 15.5. The number of rotatable bonds is 5. The lowest BCUT2D eigenvalue weighted by atomic mass is 9.78. The highest BCUT2D eigenvalue weighted by atomic mass is 35.5. The molecule has 2 fully saturated rings. The fraction of sp³-hybridized carbons (Fsp3) is 0.450. The molecule has 1 aromatic heterocycles. The number of benzene rings is 1. The third-order valence-electron chi connectivity index (χ3n) is 5.30. The largest absolute Gasteiger partial charge is 0.489 e. The molecule has 0 spiro atoms. The number of aromatic nitrogens is 2. The maximum absolute atomic E-state index is 7.08. The number of hydrogen-bond acceptors (Lipinski definition) is 6. The second-order valence-electron chi connectivity index (χ2n) is 7.03. The molecule has 1 aliphatic carbocycles. The molecule has 8 heteroatoms. The number of nitrogens with one attached hydrogen (secondary N) is 1. The van der Waals surface area contributed by atoms with Gasteiger partial charge in [-0.05, 0) is 25.0 Å². The smallest absolute Gasteiger partial charge is 0.262 e. The lowest BCUT2D eigenvalue weighted by Gasteiger charge is -2.41. The molecule has 2 atom stereocenters. The zero-order valence-corrected chi connectivity index (χ0v) is 16.3. The van der Waals surface area contributed by atoms with Crippen LogP contribution in [0.1, 0.15) is 19.3 Å². The molecule has 146 valence electrons. The van der Waals surface area contributed by atoms with Gasteiger partial charge in [0.1, 0.15) is 12.4 Å². The van der Waals surface area contributed by atoms with Crippen LogP contribution in [0.4, 0.5) is 17.2 Å². The van der Waals surface area contributed by atoms with Gasteiger partial charge in [0, 0.05) is 11.8 Å². The summed E-state index contributed by atoms with van der Waals surface area (Å²) in [7, 11) is 1.56. The zero-order chi connectivity index (χ0) is 19.5. The van der Waals surface area contributed by atoms with Gasteiger partial charge in [-0.1, -0.05) is 24.1 Å². The molecule has 7 nitrogen and oxygen atoms in total. The van der Waals surface area contributed by atoms with E-state index in [0.717, 1.165) is 26.1 Å². The van der Waals surface area contributed by atoms with Crippen molar-refractivity contribution in [3.8, 4) is 11.6 Å². The van der Waals surface area contributed by atoms with Gasteiger partial charge in [-0.25, -0.2) is 9.83 Å². The van der Waals surface area contributed by atoms with Crippen LogP contribution in [0.25, 0.3) is 4.85 Å². The van der Waals surface area contributed by atoms with E-state index in [1.807, 2.05) is 0 Å². The molecule has 28 heavy (non-hydrogen) atoms. The van der Waals surface area contributed by atoms with Crippen molar-refractivity contribution in [2.45, 2.75) is 25.4 Å². The SMILES string of the molecule is [C-]#[N+]c1ccc(Nc2ncnc(OC3C4CCCC3COC4)c2OC)c(Cl)c1. The lowest BCUT2D eigenvalue weighted by molar-refractivity contribution is -0.0923. The molecular formula is C20H21ClN4O3. The molecule has 1 saturated heterocycles. The summed E-state index contributed by atoms with van der Waals surface area (Å²) >= 11 is 6.28. The first-order valence-corrected chi connectivity index (χ1v) is 9.65. The van der Waals surface area contributed by atoms with E-state index in [-0.39, 0.29) is 6.10 Å². The molecule has 2 heterocycles. The van der Waals surface area contributed by atoms with Crippen molar-refractivity contribution in [1.82, 2.24) is 9.97 Å². The monoisotopic (exact) mass is 400 g/mol. The Hall–Kier alpha value is -2.56. The van der Waals surface area contributed by atoms with E-state index in [1.54, 1.807) is 25.3 Å². The Labute approximate surface area is 168 Å². The van der Waals surface area contributed by atoms with Crippen molar-refractivity contribution in [2.75, 3.05) is 25.6 Å². The van der Waals surface area contributed by atoms with E-state index >= 15 is 0 Å². The molecule has 1 saturated carbocycles. The van der Waals surface area contributed by atoms with Crippen molar-refractivity contribution in [3.63, 3.8) is 0 Å². The van der Waals surface area contributed by atoms with Gasteiger partial charge in [-0.3, -0.25) is 0 Å². The first kappa shape index (κ1) is 18.8. The summed E-state index contributed by atoms with van der Waals surface area (Å²) in [6, 6.07) is 5.03. The molecule has 0 amide bonds. The van der Waals surface area contributed by atoms with E-state index in [4.69, 9.17) is 32.4 Å². The Morgan fingerprint density at radius 3 is 2.71 bits per heavy atom. The summed E-state index contributed by atoms with van der Waals surface area (Å²) in [6.07, 6.45) is 4.92. The van der Waals surface area contributed by atoms with Crippen LogP contribution in [0.15, 0.2) is 24.5 Å². The van der Waals surface area contributed by atoms with Crippen molar-refractivity contribution < 1.29 is 14.2 Å². The minimum atomic E-state index is 0.0701. The van der Waals surface area contributed by atoms with Gasteiger partial charge in [0.2, 0.25) is 5.75 Å². The average molecular weight is 401 g/mol. The van der Waals surface area contributed by atoms with Gasteiger partial charge < -0.3 is 19.5 Å². The van der Waals surface area contributed by atoms with Crippen molar-refractivity contribution in [1.29, 1.82) is 0 Å². The summed E-state index contributed by atoms with van der Waals surface area (Å²) < 4.78 is 17.6. The quantitative estimate of drug-likeness (QED) is 0.738. The van der Waals surface area contributed by atoms with Crippen molar-refractivity contribution in [2.24, 2.45) is 11.8 Å². The topological polar surface area (TPSA) is 69.9 Å². The van der Waals surface area contributed by atoms with Gasteiger partial charge in [-0.15, -0.1) is 0 Å². The van der Waals surface area contributed by atoms with Crippen molar-refractivity contribution in [3.05, 3.63) is 41.0 Å². The van der Waals surface area contributed by atoms with E-state index in [9.17, 15) is 0 Å². The van der Waals surface area contributed by atoms with Crippen LogP contribution in [0, 0.1) is 18.4 Å². The van der Waals surface area contributed by atoms with Gasteiger partial charge in [0.05, 0.1) is 37.6 Å². The highest BCUT2D eigenvalue weighted by Crippen LogP contribution is 2.40. The highest BCUT2D eigenvalue weighted by molar-refractivity contribution is 6.33. The predicted octanol–water partition coefficient (Wildman–Crippen LogP) is 4.63. The Balaban J connectivity index is 1.59. The van der Waals surface area contributed by atoms with Gasteiger partial charge in [-0.2, -0.15) is 4.98 Å². The Morgan fingerprint density at radius 2 is 2.04 bits per heavy atom. The standard InChI is InChI=1S/C20H21ClN4O3/c1-22-14-6-7-16(15(21)8-14)25-19-18(26-2)20(24-11-23-19)28-17-12-4-3-5-13(17)10-27-9-12/h6-8,11-13,17H,3-5,9-10H2,2H3,(H,23,24,25). The van der Waals surface area contributed by atoms with Crippen LogP contribution >= 0.6 is 11.6 Å². The number of hydrogen-bond donors (Lipinski definition) is 1. The molecule has 1 aliphatic heterocycles. The summed E-state index contributed by atoms with van der Waals surface area (Å²) in [5, 5.41) is 3.58. The fourth-order valence-corrected chi connectivity index (χ4v) is 4.14. The average Bonchev–Trinajstić information content (AvgIpc) is 2.69. The minimum Gasteiger partial charge on any atom is -0.489 e. The van der Waals surface area contributed by atoms with Crippen LogP contribution in [-0.4, -0.2) is 36.4 Å². The van der Waals surface area contributed by atoms with E-state index < -0.39 is 0 Å². The molecule has 2 bridgehead atoms. The second-order valence-corrected chi connectivity index (χ2v) is 7.44. The van der Waals surface area contributed by atoms with Crippen LogP contribution < -0.4 is 14.8 Å². The van der Waals surface area contributed by atoms with Crippen LogP contribution in [0.5, 0.6) is 11.6 Å². The Kier molecular flexibility index (Phi) is 5.51.